The molecule has 0 heterocycles. The van der Waals surface area contributed by atoms with Gasteiger partial charge in [-0.25, -0.2) is 0 Å². The normalized spacial score (nSPS) is 17.9. The molecule has 1 atom stereocenters. The summed E-state index contributed by atoms with van der Waals surface area (Å²) in [6.45, 7) is 7.00. The van der Waals surface area contributed by atoms with Crippen LogP contribution < -0.4 is 4.74 Å². The van der Waals surface area contributed by atoms with Crippen LogP contribution in [-0.2, 0) is 5.41 Å². The van der Waals surface area contributed by atoms with Crippen molar-refractivity contribution in [3.8, 4) is 5.75 Å². The van der Waals surface area contributed by atoms with Gasteiger partial charge in [0.25, 0.3) is 0 Å². The van der Waals surface area contributed by atoms with E-state index in [-0.39, 0.29) is 11.5 Å². The van der Waals surface area contributed by atoms with Crippen molar-refractivity contribution in [2.75, 3.05) is 6.61 Å². The van der Waals surface area contributed by atoms with Crippen molar-refractivity contribution in [3.05, 3.63) is 29.8 Å². The van der Waals surface area contributed by atoms with Gasteiger partial charge in [0.15, 0.2) is 0 Å². The first-order chi connectivity index (χ1) is 7.97. The van der Waals surface area contributed by atoms with E-state index >= 15 is 0 Å². The minimum absolute atomic E-state index is 0.173. The molecule has 2 rings (SSSR count). The predicted molar refractivity (Wildman–Crippen MR) is 69.4 cm³/mol. The lowest BCUT2D eigenvalue weighted by Gasteiger charge is -2.19. The van der Waals surface area contributed by atoms with Gasteiger partial charge in [-0.05, 0) is 41.9 Å². The summed E-state index contributed by atoms with van der Waals surface area (Å²) >= 11 is 0. The van der Waals surface area contributed by atoms with Gasteiger partial charge in [-0.3, -0.25) is 0 Å². The Hall–Kier alpha value is -1.02. The van der Waals surface area contributed by atoms with Crippen molar-refractivity contribution in [1.82, 2.24) is 0 Å². The van der Waals surface area contributed by atoms with Gasteiger partial charge in [-0.2, -0.15) is 0 Å². The van der Waals surface area contributed by atoms with Crippen LogP contribution in [0.5, 0.6) is 5.75 Å². The number of hydrogen-bond acceptors (Lipinski definition) is 2. The minimum atomic E-state index is -0.294. The maximum Gasteiger partial charge on any atom is 0.119 e. The van der Waals surface area contributed by atoms with Crippen LogP contribution >= 0.6 is 0 Å². The van der Waals surface area contributed by atoms with Gasteiger partial charge in [-0.1, -0.05) is 32.9 Å². The molecule has 17 heavy (non-hydrogen) atoms. The number of rotatable bonds is 4. The summed E-state index contributed by atoms with van der Waals surface area (Å²) in [5.41, 5.74) is 1.47. The third kappa shape index (κ3) is 3.47. The molecule has 1 saturated carbocycles. The number of hydrogen-bond donors (Lipinski definition) is 1. The molecule has 2 nitrogen and oxygen atoms in total. The molecular formula is C15H22O2. The monoisotopic (exact) mass is 234 g/mol. The molecule has 0 bridgehead atoms. The Kier molecular flexibility index (Phi) is 3.43. The third-order valence-electron chi connectivity index (χ3n) is 3.31. The van der Waals surface area contributed by atoms with E-state index in [4.69, 9.17) is 4.74 Å². The van der Waals surface area contributed by atoms with Crippen LogP contribution in [0.2, 0.25) is 0 Å². The highest BCUT2D eigenvalue weighted by Gasteiger charge is 2.30. The fourth-order valence-corrected chi connectivity index (χ4v) is 1.85. The lowest BCUT2D eigenvalue weighted by atomic mass is 9.87. The lowest BCUT2D eigenvalue weighted by molar-refractivity contribution is 0.0894. The molecule has 0 aromatic heterocycles. The fraction of sp³-hybridized carbons (Fsp3) is 0.600. The van der Waals surface area contributed by atoms with Crippen molar-refractivity contribution in [3.63, 3.8) is 0 Å². The molecule has 1 aliphatic carbocycles. The standard InChI is InChI=1S/C15H22O2/c1-15(2,3)12-6-8-13(9-7-12)17-10-14(16)11-4-5-11/h6-9,11,14,16H,4-5,10H2,1-3H3. The van der Waals surface area contributed by atoms with Crippen LogP contribution in [-0.4, -0.2) is 17.8 Å². The molecule has 0 saturated heterocycles. The summed E-state index contributed by atoms with van der Waals surface area (Å²) in [7, 11) is 0. The predicted octanol–water partition coefficient (Wildman–Crippen LogP) is 3.13. The van der Waals surface area contributed by atoms with Gasteiger partial charge in [0.2, 0.25) is 0 Å². The zero-order valence-corrected chi connectivity index (χ0v) is 10.9. The minimum Gasteiger partial charge on any atom is -0.491 e. The highest BCUT2D eigenvalue weighted by atomic mass is 16.5. The van der Waals surface area contributed by atoms with Crippen LogP contribution in [0.4, 0.5) is 0 Å². The molecule has 1 aromatic carbocycles. The average molecular weight is 234 g/mol. The Morgan fingerprint density at radius 3 is 2.29 bits per heavy atom. The van der Waals surface area contributed by atoms with Gasteiger partial charge in [-0.15, -0.1) is 0 Å². The number of aliphatic hydroxyl groups is 1. The molecule has 94 valence electrons. The van der Waals surface area contributed by atoms with E-state index in [0.717, 1.165) is 18.6 Å². The van der Waals surface area contributed by atoms with Crippen LogP contribution in [0.3, 0.4) is 0 Å². The highest BCUT2D eigenvalue weighted by molar-refractivity contribution is 5.31. The quantitative estimate of drug-likeness (QED) is 0.867. The van der Waals surface area contributed by atoms with Crippen LogP contribution in [0.15, 0.2) is 24.3 Å². The first-order valence-electron chi connectivity index (χ1n) is 6.38. The number of aliphatic hydroxyl groups excluding tert-OH is 1. The second-order valence-electron chi connectivity index (χ2n) is 5.99. The zero-order chi connectivity index (χ0) is 12.5. The Labute approximate surface area is 104 Å². The smallest absolute Gasteiger partial charge is 0.119 e. The molecule has 0 spiro atoms. The maximum atomic E-state index is 9.71. The molecular weight excluding hydrogens is 212 g/mol. The third-order valence-corrected chi connectivity index (χ3v) is 3.31. The number of benzene rings is 1. The molecule has 0 amide bonds. The summed E-state index contributed by atoms with van der Waals surface area (Å²) in [4.78, 5) is 0. The Bertz CT molecular complexity index is 358. The second kappa shape index (κ2) is 4.69. The van der Waals surface area contributed by atoms with E-state index in [9.17, 15) is 5.11 Å². The van der Waals surface area contributed by atoms with Gasteiger partial charge in [0, 0.05) is 0 Å². The van der Waals surface area contributed by atoms with Crippen molar-refractivity contribution in [2.24, 2.45) is 5.92 Å². The molecule has 0 aliphatic heterocycles. The van der Waals surface area contributed by atoms with Crippen molar-refractivity contribution in [2.45, 2.75) is 45.1 Å². The number of ether oxygens (including phenoxy) is 1. The van der Waals surface area contributed by atoms with Gasteiger partial charge >= 0.3 is 0 Å². The maximum absolute atomic E-state index is 9.71. The van der Waals surface area contributed by atoms with E-state index in [0.29, 0.717) is 12.5 Å². The van der Waals surface area contributed by atoms with Crippen molar-refractivity contribution >= 4 is 0 Å². The molecule has 1 aromatic rings. The average Bonchev–Trinajstić information content (AvgIpc) is 3.09. The Morgan fingerprint density at radius 1 is 1.24 bits per heavy atom. The van der Waals surface area contributed by atoms with Crippen molar-refractivity contribution < 1.29 is 9.84 Å². The summed E-state index contributed by atoms with van der Waals surface area (Å²) in [6, 6.07) is 8.16. The van der Waals surface area contributed by atoms with Gasteiger partial charge in [0.05, 0.1) is 6.10 Å². The second-order valence-corrected chi connectivity index (χ2v) is 5.99. The highest BCUT2D eigenvalue weighted by Crippen LogP contribution is 2.33. The Balaban J connectivity index is 1.89. The molecule has 1 fully saturated rings. The first-order valence-corrected chi connectivity index (χ1v) is 6.38. The molecule has 1 unspecified atom stereocenters. The SMILES string of the molecule is CC(C)(C)c1ccc(OCC(O)C2CC2)cc1. The summed E-state index contributed by atoms with van der Waals surface area (Å²) in [5, 5.41) is 9.71. The first kappa shape index (κ1) is 12.4. The largest absolute Gasteiger partial charge is 0.491 e. The fourth-order valence-electron chi connectivity index (χ4n) is 1.85. The van der Waals surface area contributed by atoms with E-state index in [1.807, 2.05) is 12.1 Å². The van der Waals surface area contributed by atoms with Gasteiger partial charge in [0.1, 0.15) is 12.4 Å². The molecule has 1 N–H and O–H groups in total. The molecule has 0 radical (unpaired) electrons. The van der Waals surface area contributed by atoms with E-state index in [1.54, 1.807) is 0 Å². The van der Waals surface area contributed by atoms with E-state index in [2.05, 4.69) is 32.9 Å². The lowest BCUT2D eigenvalue weighted by Crippen LogP contribution is -2.19. The molecule has 1 aliphatic rings. The Morgan fingerprint density at radius 2 is 1.82 bits per heavy atom. The summed E-state index contributed by atoms with van der Waals surface area (Å²) in [5.74, 6) is 1.32. The zero-order valence-electron chi connectivity index (χ0n) is 10.9. The topological polar surface area (TPSA) is 29.5 Å². The van der Waals surface area contributed by atoms with Gasteiger partial charge < -0.3 is 9.84 Å². The van der Waals surface area contributed by atoms with Crippen LogP contribution in [0, 0.1) is 5.92 Å². The summed E-state index contributed by atoms with van der Waals surface area (Å²) in [6.07, 6.45) is 2.00. The van der Waals surface area contributed by atoms with Crippen LogP contribution in [0.1, 0.15) is 39.2 Å². The van der Waals surface area contributed by atoms with Crippen LogP contribution in [0.25, 0.3) is 0 Å². The summed E-state index contributed by atoms with van der Waals surface area (Å²) < 4.78 is 5.59. The van der Waals surface area contributed by atoms with E-state index in [1.165, 1.54) is 5.56 Å². The van der Waals surface area contributed by atoms with E-state index < -0.39 is 0 Å². The van der Waals surface area contributed by atoms with Crippen molar-refractivity contribution in [1.29, 1.82) is 0 Å². The molecule has 2 heteroatoms.